The summed E-state index contributed by atoms with van der Waals surface area (Å²) in [5.41, 5.74) is 0. The summed E-state index contributed by atoms with van der Waals surface area (Å²) < 4.78 is 0. The molecule has 0 heterocycles. The SMILES string of the molecule is CC(CCCO)Sc1ccccc1. The maximum Gasteiger partial charge on any atom is 0.0431 e. The molecule has 2 heteroatoms. The van der Waals surface area contributed by atoms with Crippen molar-refractivity contribution in [3.63, 3.8) is 0 Å². The predicted octanol–water partition coefficient (Wildman–Crippen LogP) is 2.94. The first-order valence-electron chi connectivity index (χ1n) is 4.65. The zero-order valence-electron chi connectivity index (χ0n) is 7.94. The van der Waals surface area contributed by atoms with Gasteiger partial charge in [-0.3, -0.25) is 0 Å². The van der Waals surface area contributed by atoms with Gasteiger partial charge in [0.2, 0.25) is 0 Å². The van der Waals surface area contributed by atoms with E-state index in [1.54, 1.807) is 0 Å². The van der Waals surface area contributed by atoms with Crippen molar-refractivity contribution < 1.29 is 5.11 Å². The van der Waals surface area contributed by atoms with Gasteiger partial charge in [0.15, 0.2) is 0 Å². The van der Waals surface area contributed by atoms with Crippen LogP contribution in [-0.2, 0) is 0 Å². The Morgan fingerprint density at radius 1 is 1.31 bits per heavy atom. The lowest BCUT2D eigenvalue weighted by Gasteiger charge is -2.09. The average Bonchev–Trinajstić information content (AvgIpc) is 2.16. The van der Waals surface area contributed by atoms with Crippen LogP contribution in [0.4, 0.5) is 0 Å². The quantitative estimate of drug-likeness (QED) is 0.731. The third-order valence-corrected chi connectivity index (χ3v) is 3.03. The Balaban J connectivity index is 2.32. The van der Waals surface area contributed by atoms with Gasteiger partial charge in [0.1, 0.15) is 0 Å². The molecule has 0 saturated heterocycles. The number of rotatable bonds is 5. The number of aliphatic hydroxyl groups is 1. The maximum atomic E-state index is 8.67. The number of thioether (sulfide) groups is 1. The van der Waals surface area contributed by atoms with Crippen LogP contribution in [-0.4, -0.2) is 17.0 Å². The molecular formula is C11H16OS. The molecule has 0 aromatic heterocycles. The zero-order valence-corrected chi connectivity index (χ0v) is 8.76. The van der Waals surface area contributed by atoms with E-state index in [-0.39, 0.29) is 0 Å². The molecule has 1 rings (SSSR count). The molecule has 1 atom stereocenters. The third kappa shape index (κ3) is 4.34. The summed E-state index contributed by atoms with van der Waals surface area (Å²) in [7, 11) is 0. The van der Waals surface area contributed by atoms with Gasteiger partial charge in [0.25, 0.3) is 0 Å². The minimum absolute atomic E-state index is 0.305. The lowest BCUT2D eigenvalue weighted by molar-refractivity contribution is 0.284. The first-order valence-corrected chi connectivity index (χ1v) is 5.53. The minimum atomic E-state index is 0.305. The summed E-state index contributed by atoms with van der Waals surface area (Å²) in [6.45, 7) is 2.51. The highest BCUT2D eigenvalue weighted by molar-refractivity contribution is 7.99. The van der Waals surface area contributed by atoms with Crippen molar-refractivity contribution in [1.29, 1.82) is 0 Å². The first-order chi connectivity index (χ1) is 6.33. The van der Waals surface area contributed by atoms with Gasteiger partial charge in [0, 0.05) is 16.8 Å². The monoisotopic (exact) mass is 196 g/mol. The van der Waals surface area contributed by atoms with Gasteiger partial charge < -0.3 is 5.11 Å². The van der Waals surface area contributed by atoms with Gasteiger partial charge in [-0.25, -0.2) is 0 Å². The summed E-state index contributed by atoms with van der Waals surface area (Å²) in [5.74, 6) is 0. The maximum absolute atomic E-state index is 8.67. The van der Waals surface area contributed by atoms with E-state index in [1.165, 1.54) is 4.90 Å². The Hall–Kier alpha value is -0.470. The number of aliphatic hydroxyl groups excluding tert-OH is 1. The predicted molar refractivity (Wildman–Crippen MR) is 58.1 cm³/mol. The molecule has 1 aromatic rings. The summed E-state index contributed by atoms with van der Waals surface area (Å²) in [5, 5.41) is 9.26. The zero-order chi connectivity index (χ0) is 9.52. The molecule has 13 heavy (non-hydrogen) atoms. The minimum Gasteiger partial charge on any atom is -0.396 e. The van der Waals surface area contributed by atoms with E-state index >= 15 is 0 Å². The van der Waals surface area contributed by atoms with Crippen LogP contribution in [0.5, 0.6) is 0 Å². The van der Waals surface area contributed by atoms with Crippen molar-refractivity contribution in [1.82, 2.24) is 0 Å². The Morgan fingerprint density at radius 2 is 2.00 bits per heavy atom. The molecule has 1 unspecified atom stereocenters. The van der Waals surface area contributed by atoms with Crippen molar-refractivity contribution in [2.45, 2.75) is 29.9 Å². The fourth-order valence-corrected chi connectivity index (χ4v) is 2.23. The van der Waals surface area contributed by atoms with Crippen LogP contribution < -0.4 is 0 Å². The summed E-state index contributed by atoms with van der Waals surface area (Å²) >= 11 is 1.87. The Bertz CT molecular complexity index is 223. The molecule has 0 bridgehead atoms. The van der Waals surface area contributed by atoms with E-state index < -0.39 is 0 Å². The molecule has 0 aliphatic heterocycles. The molecule has 1 aromatic carbocycles. The molecule has 0 fully saturated rings. The lowest BCUT2D eigenvalue weighted by atomic mass is 10.3. The van der Waals surface area contributed by atoms with Crippen LogP contribution in [0.1, 0.15) is 19.8 Å². The third-order valence-electron chi connectivity index (χ3n) is 1.85. The van der Waals surface area contributed by atoms with Gasteiger partial charge in [-0.1, -0.05) is 25.1 Å². The molecule has 0 saturated carbocycles. The van der Waals surface area contributed by atoms with Gasteiger partial charge in [-0.05, 0) is 25.0 Å². The van der Waals surface area contributed by atoms with Crippen LogP contribution in [0.25, 0.3) is 0 Å². The largest absolute Gasteiger partial charge is 0.396 e. The van der Waals surface area contributed by atoms with E-state index in [0.29, 0.717) is 11.9 Å². The van der Waals surface area contributed by atoms with Crippen molar-refractivity contribution >= 4 is 11.8 Å². The van der Waals surface area contributed by atoms with Gasteiger partial charge in [-0.2, -0.15) is 0 Å². The Kier molecular flexibility index (Phi) is 4.94. The highest BCUT2D eigenvalue weighted by Crippen LogP contribution is 2.25. The molecular weight excluding hydrogens is 180 g/mol. The molecule has 72 valence electrons. The van der Waals surface area contributed by atoms with Crippen LogP contribution in [0, 0.1) is 0 Å². The van der Waals surface area contributed by atoms with Crippen molar-refractivity contribution in [3.8, 4) is 0 Å². The first kappa shape index (κ1) is 10.6. The smallest absolute Gasteiger partial charge is 0.0431 e. The van der Waals surface area contributed by atoms with E-state index in [9.17, 15) is 0 Å². The van der Waals surface area contributed by atoms with E-state index in [4.69, 9.17) is 5.11 Å². The molecule has 1 N–H and O–H groups in total. The number of hydrogen-bond donors (Lipinski definition) is 1. The molecule has 1 nitrogen and oxygen atoms in total. The second kappa shape index (κ2) is 6.06. The van der Waals surface area contributed by atoms with Crippen molar-refractivity contribution in [3.05, 3.63) is 30.3 Å². The number of benzene rings is 1. The van der Waals surface area contributed by atoms with Crippen molar-refractivity contribution in [2.75, 3.05) is 6.61 Å². The Morgan fingerprint density at radius 3 is 2.62 bits per heavy atom. The van der Waals surface area contributed by atoms with E-state index in [2.05, 4.69) is 31.2 Å². The molecule has 0 aliphatic rings. The highest BCUT2D eigenvalue weighted by atomic mass is 32.2. The molecule has 0 spiro atoms. The van der Waals surface area contributed by atoms with Gasteiger partial charge in [0.05, 0.1) is 0 Å². The fraction of sp³-hybridized carbons (Fsp3) is 0.455. The van der Waals surface area contributed by atoms with Gasteiger partial charge >= 0.3 is 0 Å². The van der Waals surface area contributed by atoms with Crippen LogP contribution in [0.3, 0.4) is 0 Å². The second-order valence-electron chi connectivity index (χ2n) is 3.11. The number of hydrogen-bond acceptors (Lipinski definition) is 2. The van der Waals surface area contributed by atoms with E-state index in [1.807, 2.05) is 17.8 Å². The van der Waals surface area contributed by atoms with Crippen molar-refractivity contribution in [2.24, 2.45) is 0 Å². The second-order valence-corrected chi connectivity index (χ2v) is 4.62. The van der Waals surface area contributed by atoms with Crippen LogP contribution >= 0.6 is 11.8 Å². The molecule has 0 radical (unpaired) electrons. The van der Waals surface area contributed by atoms with Crippen LogP contribution in [0.15, 0.2) is 35.2 Å². The van der Waals surface area contributed by atoms with Crippen LogP contribution in [0.2, 0.25) is 0 Å². The molecule has 0 aliphatic carbocycles. The van der Waals surface area contributed by atoms with E-state index in [0.717, 1.165) is 12.8 Å². The molecule has 0 amide bonds. The topological polar surface area (TPSA) is 20.2 Å². The normalized spacial score (nSPS) is 12.8. The Labute approximate surface area is 84.2 Å². The fourth-order valence-electron chi connectivity index (χ4n) is 1.17. The van der Waals surface area contributed by atoms with Gasteiger partial charge in [-0.15, -0.1) is 11.8 Å². The average molecular weight is 196 g/mol. The summed E-state index contributed by atoms with van der Waals surface area (Å²) in [6.07, 6.45) is 1.98. The standard InChI is InChI=1S/C11H16OS/c1-10(6-5-9-12)13-11-7-3-2-4-8-11/h2-4,7-8,10,12H,5-6,9H2,1H3. The summed E-state index contributed by atoms with van der Waals surface area (Å²) in [4.78, 5) is 1.31. The highest BCUT2D eigenvalue weighted by Gasteiger charge is 2.02. The lowest BCUT2D eigenvalue weighted by Crippen LogP contribution is -1.97. The summed E-state index contributed by atoms with van der Waals surface area (Å²) in [6, 6.07) is 10.4.